The molecule has 5 aromatic carbocycles. The Morgan fingerprint density at radius 3 is 2.03 bits per heavy atom. The van der Waals surface area contributed by atoms with Gasteiger partial charge < -0.3 is 4.42 Å². The van der Waals surface area contributed by atoms with Gasteiger partial charge in [-0.25, -0.2) is 4.39 Å². The molecule has 3 heteroatoms. The van der Waals surface area contributed by atoms with E-state index in [0.29, 0.717) is 0 Å². The van der Waals surface area contributed by atoms with E-state index in [1.165, 1.54) is 12.1 Å². The molecule has 0 aliphatic rings. The topological polar surface area (TPSA) is 26.0 Å². The predicted molar refractivity (Wildman–Crippen MR) is 145 cm³/mol. The van der Waals surface area contributed by atoms with E-state index >= 15 is 0 Å². The minimum absolute atomic E-state index is 0.227. The molecule has 2 aromatic heterocycles. The molecule has 0 saturated heterocycles. The molecule has 0 amide bonds. The molecule has 0 bridgehead atoms. The molecule has 0 atom stereocenters. The van der Waals surface area contributed by atoms with Crippen LogP contribution in [0, 0.1) is 5.82 Å². The first kappa shape index (κ1) is 20.6. The number of benzene rings is 5. The summed E-state index contributed by atoms with van der Waals surface area (Å²) in [5.41, 5.74) is 7.80. The van der Waals surface area contributed by atoms with Gasteiger partial charge in [0.25, 0.3) is 0 Å². The molecule has 0 N–H and O–H groups in total. The summed E-state index contributed by atoms with van der Waals surface area (Å²) in [6.07, 6.45) is 1.92. The third-order valence-corrected chi connectivity index (χ3v) is 6.79. The van der Waals surface area contributed by atoms with Crippen LogP contribution in [0.25, 0.3) is 66.2 Å². The monoisotopic (exact) mass is 465 g/mol. The molecule has 0 radical (unpaired) electrons. The van der Waals surface area contributed by atoms with Crippen LogP contribution >= 0.6 is 0 Å². The number of rotatable bonds is 3. The van der Waals surface area contributed by atoms with E-state index in [1.807, 2.05) is 36.5 Å². The molecule has 0 spiro atoms. The number of fused-ring (bicyclic) bond motifs is 4. The number of para-hydroxylation sites is 2. The molecular weight excluding hydrogens is 445 g/mol. The Morgan fingerprint density at radius 1 is 0.556 bits per heavy atom. The quantitative estimate of drug-likeness (QED) is 0.260. The number of aromatic nitrogens is 1. The lowest BCUT2D eigenvalue weighted by Crippen LogP contribution is -1.86. The second kappa shape index (κ2) is 8.17. The molecule has 0 aliphatic heterocycles. The number of furan rings is 1. The van der Waals surface area contributed by atoms with Crippen molar-refractivity contribution in [1.29, 1.82) is 0 Å². The van der Waals surface area contributed by atoms with E-state index in [-0.39, 0.29) is 5.82 Å². The normalized spacial score (nSPS) is 11.5. The smallest absolute Gasteiger partial charge is 0.144 e. The molecule has 36 heavy (non-hydrogen) atoms. The molecule has 2 heterocycles. The lowest BCUT2D eigenvalue weighted by Gasteiger charge is -2.08. The van der Waals surface area contributed by atoms with Gasteiger partial charge in [-0.1, -0.05) is 72.8 Å². The summed E-state index contributed by atoms with van der Waals surface area (Å²) in [7, 11) is 0. The highest BCUT2D eigenvalue weighted by molar-refractivity contribution is 6.09. The summed E-state index contributed by atoms with van der Waals surface area (Å²) in [4.78, 5) is 4.80. The predicted octanol–water partition coefficient (Wildman–Crippen LogP) is 9.27. The summed E-state index contributed by atoms with van der Waals surface area (Å²) in [6.45, 7) is 0. The molecule has 7 aromatic rings. The van der Waals surface area contributed by atoms with Crippen LogP contribution in [0.3, 0.4) is 0 Å². The fourth-order valence-corrected chi connectivity index (χ4v) is 4.92. The van der Waals surface area contributed by atoms with Crippen molar-refractivity contribution < 1.29 is 8.81 Å². The highest BCUT2D eigenvalue weighted by Gasteiger charge is 2.13. The first-order chi connectivity index (χ1) is 17.7. The minimum atomic E-state index is -0.227. The lowest BCUT2D eigenvalue weighted by atomic mass is 9.98. The first-order valence-corrected chi connectivity index (χ1v) is 11.9. The molecular formula is C33H20FNO. The van der Waals surface area contributed by atoms with Gasteiger partial charge in [0.2, 0.25) is 0 Å². The summed E-state index contributed by atoms with van der Waals surface area (Å²) >= 11 is 0. The second-order valence-corrected chi connectivity index (χ2v) is 9.00. The van der Waals surface area contributed by atoms with Crippen LogP contribution in [0.15, 0.2) is 126 Å². The van der Waals surface area contributed by atoms with E-state index in [0.717, 1.165) is 66.2 Å². The van der Waals surface area contributed by atoms with Gasteiger partial charge >= 0.3 is 0 Å². The standard InChI is InChI=1S/C33H20FNO/c34-27-15-12-21(13-16-27)23-10-8-22-9-11-24(19-26(22)18-23)25-14-17-31(35-20-25)30-6-3-5-29-28-4-1-2-7-32(28)36-33(29)30/h1-20H. The fourth-order valence-electron chi connectivity index (χ4n) is 4.92. The van der Waals surface area contributed by atoms with E-state index in [1.54, 1.807) is 0 Å². The van der Waals surface area contributed by atoms with Crippen molar-refractivity contribution in [3.63, 3.8) is 0 Å². The fraction of sp³-hybridized carbons (Fsp3) is 0. The van der Waals surface area contributed by atoms with Crippen LogP contribution in [-0.4, -0.2) is 4.98 Å². The Hall–Kier alpha value is -4.76. The number of pyridine rings is 1. The van der Waals surface area contributed by atoms with Crippen LogP contribution in [0.4, 0.5) is 4.39 Å². The summed E-state index contributed by atoms with van der Waals surface area (Å²) in [5, 5.41) is 4.50. The summed E-state index contributed by atoms with van der Waals surface area (Å²) in [5.74, 6) is -0.227. The molecule has 0 aliphatic carbocycles. The Labute approximate surface area is 207 Å². The average molecular weight is 466 g/mol. The first-order valence-electron chi connectivity index (χ1n) is 11.9. The van der Waals surface area contributed by atoms with Gasteiger partial charge in [0, 0.05) is 28.1 Å². The highest BCUT2D eigenvalue weighted by Crippen LogP contribution is 2.35. The minimum Gasteiger partial charge on any atom is -0.455 e. The third kappa shape index (κ3) is 3.45. The number of hydrogen-bond acceptors (Lipinski definition) is 2. The van der Waals surface area contributed by atoms with Crippen molar-refractivity contribution in [1.82, 2.24) is 4.98 Å². The maximum Gasteiger partial charge on any atom is 0.144 e. The molecule has 2 nitrogen and oxygen atoms in total. The van der Waals surface area contributed by atoms with E-state index in [2.05, 4.69) is 72.8 Å². The van der Waals surface area contributed by atoms with Gasteiger partial charge in [0.15, 0.2) is 0 Å². The zero-order chi connectivity index (χ0) is 24.1. The van der Waals surface area contributed by atoms with Gasteiger partial charge in [0.1, 0.15) is 17.0 Å². The van der Waals surface area contributed by atoms with Crippen LogP contribution in [-0.2, 0) is 0 Å². The van der Waals surface area contributed by atoms with Crippen LogP contribution in [0.1, 0.15) is 0 Å². The SMILES string of the molecule is Fc1ccc(-c2ccc3ccc(-c4ccc(-c5cccc6c5oc5ccccc56)nc4)cc3c2)cc1. The van der Waals surface area contributed by atoms with Gasteiger partial charge in [-0.3, -0.25) is 4.98 Å². The summed E-state index contributed by atoms with van der Waals surface area (Å²) < 4.78 is 19.5. The number of hydrogen-bond donors (Lipinski definition) is 0. The van der Waals surface area contributed by atoms with Crippen molar-refractivity contribution >= 4 is 32.7 Å². The molecule has 0 saturated carbocycles. The van der Waals surface area contributed by atoms with Crippen molar-refractivity contribution in [2.24, 2.45) is 0 Å². The largest absolute Gasteiger partial charge is 0.455 e. The van der Waals surface area contributed by atoms with Crippen molar-refractivity contribution in [2.75, 3.05) is 0 Å². The van der Waals surface area contributed by atoms with Crippen LogP contribution < -0.4 is 0 Å². The molecule has 170 valence electrons. The lowest BCUT2D eigenvalue weighted by molar-refractivity contribution is 0.628. The van der Waals surface area contributed by atoms with E-state index < -0.39 is 0 Å². The van der Waals surface area contributed by atoms with Crippen molar-refractivity contribution in [3.05, 3.63) is 127 Å². The number of halogens is 1. The van der Waals surface area contributed by atoms with Gasteiger partial charge in [-0.15, -0.1) is 0 Å². The molecule has 7 rings (SSSR count). The highest BCUT2D eigenvalue weighted by atomic mass is 19.1. The van der Waals surface area contributed by atoms with Gasteiger partial charge in [-0.2, -0.15) is 0 Å². The zero-order valence-corrected chi connectivity index (χ0v) is 19.3. The Bertz CT molecular complexity index is 1880. The van der Waals surface area contributed by atoms with E-state index in [9.17, 15) is 4.39 Å². The van der Waals surface area contributed by atoms with Crippen LogP contribution in [0.5, 0.6) is 0 Å². The average Bonchev–Trinajstić information content (AvgIpc) is 3.32. The third-order valence-electron chi connectivity index (χ3n) is 6.79. The Kier molecular flexibility index (Phi) is 4.68. The maximum absolute atomic E-state index is 13.3. The zero-order valence-electron chi connectivity index (χ0n) is 19.3. The Balaban J connectivity index is 1.26. The molecule has 0 unspecified atom stereocenters. The number of nitrogens with zero attached hydrogens (tertiary/aromatic N) is 1. The maximum atomic E-state index is 13.3. The second-order valence-electron chi connectivity index (χ2n) is 9.00. The Morgan fingerprint density at radius 2 is 1.25 bits per heavy atom. The summed E-state index contributed by atoms with van der Waals surface area (Å²) in [6, 6.07) is 37.8. The van der Waals surface area contributed by atoms with Crippen molar-refractivity contribution in [3.8, 4) is 33.5 Å². The van der Waals surface area contributed by atoms with Gasteiger partial charge in [0.05, 0.1) is 5.69 Å². The van der Waals surface area contributed by atoms with Crippen LogP contribution in [0.2, 0.25) is 0 Å². The van der Waals surface area contributed by atoms with E-state index in [4.69, 9.17) is 9.40 Å². The molecule has 0 fully saturated rings. The van der Waals surface area contributed by atoms with Gasteiger partial charge in [-0.05, 0) is 69.9 Å². The van der Waals surface area contributed by atoms with Crippen molar-refractivity contribution in [2.45, 2.75) is 0 Å².